The molecular formula is C25H28ClN9O4S. The number of pyridine rings is 1. The van der Waals surface area contributed by atoms with E-state index in [1.54, 1.807) is 26.1 Å². The van der Waals surface area contributed by atoms with Crippen molar-refractivity contribution in [1.29, 1.82) is 0 Å². The highest BCUT2D eigenvalue weighted by Gasteiger charge is 2.46. The minimum absolute atomic E-state index is 0.0339. The maximum Gasteiger partial charge on any atom is 0.292 e. The van der Waals surface area contributed by atoms with Crippen molar-refractivity contribution in [2.45, 2.75) is 68.0 Å². The van der Waals surface area contributed by atoms with E-state index in [0.717, 1.165) is 19.1 Å². The molecule has 13 nitrogen and oxygen atoms in total. The molecule has 0 radical (unpaired) electrons. The molecule has 210 valence electrons. The summed E-state index contributed by atoms with van der Waals surface area (Å²) in [4.78, 5) is 26.9. The second-order valence-corrected chi connectivity index (χ2v) is 13.4. The van der Waals surface area contributed by atoms with Gasteiger partial charge in [-0.3, -0.25) is 9.78 Å². The lowest BCUT2D eigenvalue weighted by Crippen LogP contribution is -2.46. The summed E-state index contributed by atoms with van der Waals surface area (Å²) >= 11 is 6.45. The highest BCUT2D eigenvalue weighted by Crippen LogP contribution is 2.45. The molecular weight excluding hydrogens is 558 g/mol. The first-order chi connectivity index (χ1) is 18.8. The van der Waals surface area contributed by atoms with Gasteiger partial charge in [0.2, 0.25) is 5.82 Å². The molecule has 40 heavy (non-hydrogen) atoms. The maximum absolute atomic E-state index is 13.1. The van der Waals surface area contributed by atoms with Gasteiger partial charge in [-0.05, 0) is 45.6 Å². The Morgan fingerprint density at radius 2 is 1.93 bits per heavy atom. The van der Waals surface area contributed by atoms with E-state index in [1.165, 1.54) is 17.0 Å². The Balaban J connectivity index is 1.44. The van der Waals surface area contributed by atoms with Crippen molar-refractivity contribution in [1.82, 2.24) is 39.7 Å². The van der Waals surface area contributed by atoms with Crippen molar-refractivity contribution in [3.63, 3.8) is 0 Å². The molecule has 2 atom stereocenters. The zero-order valence-corrected chi connectivity index (χ0v) is 23.6. The molecule has 0 spiro atoms. The Bertz CT molecular complexity index is 1730. The van der Waals surface area contributed by atoms with Gasteiger partial charge in [0, 0.05) is 41.6 Å². The molecule has 15 heteroatoms. The van der Waals surface area contributed by atoms with E-state index in [4.69, 9.17) is 22.3 Å². The third kappa shape index (κ3) is 4.30. The predicted octanol–water partition coefficient (Wildman–Crippen LogP) is 2.33. The molecule has 2 bridgehead atoms. The average molecular weight is 586 g/mol. The van der Waals surface area contributed by atoms with Crippen LogP contribution in [0.15, 0.2) is 29.7 Å². The van der Waals surface area contributed by atoms with Crippen molar-refractivity contribution in [2.24, 2.45) is 0 Å². The number of aromatic nitrogens is 7. The summed E-state index contributed by atoms with van der Waals surface area (Å²) < 4.78 is 27.4. The van der Waals surface area contributed by atoms with Gasteiger partial charge >= 0.3 is 0 Å². The molecule has 0 saturated carbocycles. The smallest absolute Gasteiger partial charge is 0.292 e. The van der Waals surface area contributed by atoms with Gasteiger partial charge in [0.05, 0.1) is 22.6 Å². The molecule has 2 fully saturated rings. The number of rotatable bonds is 5. The van der Waals surface area contributed by atoms with Crippen molar-refractivity contribution < 1.29 is 18.3 Å². The lowest BCUT2D eigenvalue weighted by Gasteiger charge is -2.38. The van der Waals surface area contributed by atoms with Crippen LogP contribution in [-0.4, -0.2) is 77.4 Å². The zero-order chi connectivity index (χ0) is 28.6. The first-order valence-electron chi connectivity index (χ1n) is 12.8. The van der Waals surface area contributed by atoms with E-state index in [-0.39, 0.29) is 45.5 Å². The van der Waals surface area contributed by atoms with Crippen LogP contribution in [0.4, 0.5) is 5.82 Å². The van der Waals surface area contributed by atoms with Crippen LogP contribution in [0, 0.1) is 0 Å². The highest BCUT2D eigenvalue weighted by atomic mass is 35.5. The maximum atomic E-state index is 13.1. The number of fused-ring (bicyclic) bond motifs is 3. The lowest BCUT2D eigenvalue weighted by molar-refractivity contribution is 0.0556. The van der Waals surface area contributed by atoms with Gasteiger partial charge in [0.1, 0.15) is 22.6 Å². The summed E-state index contributed by atoms with van der Waals surface area (Å²) in [5.74, 6) is -0.321. The normalized spacial score (nSPS) is 21.3. The number of nitrogens with one attached hydrogen (secondary N) is 1. The van der Waals surface area contributed by atoms with Crippen LogP contribution in [0.3, 0.4) is 0 Å². The third-order valence-electron chi connectivity index (χ3n) is 7.74. The molecule has 4 N–H and O–H groups in total. The molecule has 0 aromatic carbocycles. The van der Waals surface area contributed by atoms with Gasteiger partial charge < -0.3 is 20.7 Å². The Morgan fingerprint density at radius 3 is 2.50 bits per heavy atom. The number of nitrogens with two attached hydrogens (primary N) is 1. The number of hydrogen-bond donors (Lipinski definition) is 3. The topological polar surface area (TPSA) is 185 Å². The van der Waals surface area contributed by atoms with Gasteiger partial charge in [0.25, 0.3) is 5.91 Å². The fraction of sp³-hybridized carbons (Fsp3) is 0.440. The third-order valence-corrected chi connectivity index (χ3v) is 9.19. The molecule has 1 amide bonds. The van der Waals surface area contributed by atoms with Gasteiger partial charge in [-0.2, -0.15) is 9.61 Å². The molecule has 6 heterocycles. The van der Waals surface area contributed by atoms with Crippen molar-refractivity contribution in [3.05, 3.63) is 47.0 Å². The van der Waals surface area contributed by atoms with E-state index in [9.17, 15) is 18.3 Å². The zero-order valence-electron chi connectivity index (χ0n) is 22.0. The molecule has 2 unspecified atom stereocenters. The number of anilines is 1. The number of amides is 1. The van der Waals surface area contributed by atoms with Crippen LogP contribution in [-0.2, 0) is 15.4 Å². The minimum Gasteiger partial charge on any atom is -0.384 e. The summed E-state index contributed by atoms with van der Waals surface area (Å²) in [7, 11) is -3.78. The Labute approximate surface area is 234 Å². The fourth-order valence-electron chi connectivity index (χ4n) is 6.08. The molecule has 2 aliphatic rings. The predicted molar refractivity (Wildman–Crippen MR) is 145 cm³/mol. The van der Waals surface area contributed by atoms with Crippen molar-refractivity contribution in [3.8, 4) is 11.1 Å². The lowest BCUT2D eigenvalue weighted by atomic mass is 9.87. The Morgan fingerprint density at radius 1 is 1.23 bits per heavy atom. The van der Waals surface area contributed by atoms with Crippen LogP contribution < -0.4 is 5.73 Å². The number of carbonyl (C=O) groups is 1. The van der Waals surface area contributed by atoms with E-state index >= 15 is 0 Å². The van der Waals surface area contributed by atoms with Crippen LogP contribution in [0.25, 0.3) is 16.8 Å². The summed E-state index contributed by atoms with van der Waals surface area (Å²) in [6.45, 7) is 3.18. The Hall–Kier alpha value is -3.62. The van der Waals surface area contributed by atoms with E-state index in [0.29, 0.717) is 41.0 Å². The number of hydrogen-bond acceptors (Lipinski definition) is 10. The summed E-state index contributed by atoms with van der Waals surface area (Å²) in [6, 6.07) is 1.46. The fourth-order valence-corrected chi connectivity index (χ4v) is 7.53. The number of carbonyl (C=O) groups excluding carboxylic acids is 1. The molecule has 4 aromatic rings. The monoisotopic (exact) mass is 585 g/mol. The SMILES string of the molecule is CC(C)(O)c1ncc(-c2cnn3c(N)c(S(C)(=O)=O)c(C4CC5CCC(C4)N5C(=O)c4nnc[nH]4)nc23)cc1Cl. The van der Waals surface area contributed by atoms with Gasteiger partial charge in [0.15, 0.2) is 15.5 Å². The molecule has 2 aliphatic heterocycles. The first-order valence-corrected chi connectivity index (χ1v) is 15.1. The summed E-state index contributed by atoms with van der Waals surface area (Å²) in [5, 5.41) is 22.6. The number of halogens is 1. The van der Waals surface area contributed by atoms with Crippen molar-refractivity contribution in [2.75, 3.05) is 12.0 Å². The molecule has 6 rings (SSSR count). The number of nitrogen functional groups attached to an aromatic ring is 1. The molecule has 0 aliphatic carbocycles. The number of piperidine rings is 1. The number of sulfone groups is 1. The first kappa shape index (κ1) is 26.6. The molecule has 2 saturated heterocycles. The second-order valence-electron chi connectivity index (χ2n) is 11.0. The van der Waals surface area contributed by atoms with Crippen LogP contribution in [0.2, 0.25) is 5.02 Å². The summed E-state index contributed by atoms with van der Waals surface area (Å²) in [5.41, 5.74) is 7.43. The number of aromatic amines is 1. The Kier molecular flexibility index (Phi) is 6.12. The van der Waals surface area contributed by atoms with Crippen molar-refractivity contribution >= 4 is 38.8 Å². The van der Waals surface area contributed by atoms with E-state index in [1.807, 2.05) is 4.90 Å². The minimum atomic E-state index is -3.78. The number of nitrogens with zero attached hydrogens (tertiary/aromatic N) is 7. The van der Waals surface area contributed by atoms with E-state index < -0.39 is 15.4 Å². The number of aliphatic hydroxyl groups is 1. The molecule has 4 aromatic heterocycles. The standard InChI is InChI=1S/C25H28ClN9O4S/c1-25(2,37)20-17(26)8-13(9-28-20)16-10-31-35-21(27)19(40(3,38)39)18(32-23(16)35)12-6-14-4-5-15(7-12)34(14)24(36)22-29-11-30-33-22/h8-12,14-15,37H,4-7,27H2,1-3H3,(H,29,30,33). The average Bonchev–Trinajstić information content (AvgIpc) is 3.60. The largest absolute Gasteiger partial charge is 0.384 e. The van der Waals surface area contributed by atoms with Gasteiger partial charge in [-0.25, -0.2) is 13.4 Å². The quantitative estimate of drug-likeness (QED) is 0.314. The highest BCUT2D eigenvalue weighted by molar-refractivity contribution is 7.91. The van der Waals surface area contributed by atoms with Gasteiger partial charge in [-0.1, -0.05) is 11.6 Å². The summed E-state index contributed by atoms with van der Waals surface area (Å²) in [6.07, 6.45) is 8.21. The number of H-pyrrole nitrogens is 1. The van der Waals surface area contributed by atoms with Crippen LogP contribution >= 0.6 is 11.6 Å². The van der Waals surface area contributed by atoms with E-state index in [2.05, 4.69) is 25.3 Å². The second kappa shape index (κ2) is 9.21. The van der Waals surface area contributed by atoms with Gasteiger partial charge in [-0.15, -0.1) is 10.2 Å². The van der Waals surface area contributed by atoms with Crippen LogP contribution in [0.5, 0.6) is 0 Å². The van der Waals surface area contributed by atoms with Crippen LogP contribution in [0.1, 0.15) is 67.5 Å².